The molecule has 0 aliphatic carbocycles. The minimum Gasteiger partial charge on any atom is -0.361 e. The lowest BCUT2D eigenvalue weighted by molar-refractivity contribution is -0.132. The van der Waals surface area contributed by atoms with Gasteiger partial charge in [0.05, 0.1) is 6.17 Å². The predicted octanol–water partition coefficient (Wildman–Crippen LogP) is 4.38. The Balaban J connectivity index is 1.33. The molecule has 0 radical (unpaired) electrons. The third-order valence-corrected chi connectivity index (χ3v) is 6.79. The predicted molar refractivity (Wildman–Crippen MR) is 120 cm³/mol. The van der Waals surface area contributed by atoms with Gasteiger partial charge in [-0.2, -0.15) is 0 Å². The smallest absolute Gasteiger partial charge is 0.326 e. The van der Waals surface area contributed by atoms with Gasteiger partial charge in [0.15, 0.2) is 0 Å². The fraction of sp³-hybridized carbons (Fsp3) is 0.360. The molecule has 2 fully saturated rings. The van der Waals surface area contributed by atoms with Gasteiger partial charge in [0.1, 0.15) is 6.04 Å². The van der Waals surface area contributed by atoms with Crippen LogP contribution in [0.4, 0.5) is 4.79 Å². The van der Waals surface area contributed by atoms with E-state index in [0.717, 1.165) is 48.8 Å². The monoisotopic (exact) mass is 416 g/mol. The number of amides is 3. The first-order valence-electron chi connectivity index (χ1n) is 11.2. The quantitative estimate of drug-likeness (QED) is 0.607. The van der Waals surface area contributed by atoms with Gasteiger partial charge in [0.2, 0.25) is 0 Å². The highest BCUT2D eigenvalue weighted by Gasteiger charge is 2.45. The van der Waals surface area contributed by atoms with Gasteiger partial charge in [-0.05, 0) is 36.8 Å². The lowest BCUT2D eigenvalue weighted by Gasteiger charge is -2.40. The van der Waals surface area contributed by atoms with Crippen molar-refractivity contribution in [1.82, 2.24) is 20.1 Å². The number of imide groups is 1. The maximum absolute atomic E-state index is 13.4. The van der Waals surface area contributed by atoms with Crippen LogP contribution in [0.1, 0.15) is 49.3 Å². The first kappa shape index (κ1) is 19.8. The van der Waals surface area contributed by atoms with Crippen LogP contribution in [0.3, 0.4) is 0 Å². The van der Waals surface area contributed by atoms with Crippen LogP contribution in [0.2, 0.25) is 0 Å². The highest BCUT2D eigenvalue weighted by atomic mass is 16.2. The summed E-state index contributed by atoms with van der Waals surface area (Å²) in [4.78, 5) is 33.3. The summed E-state index contributed by atoms with van der Waals surface area (Å²) in [5.74, 6) is 0.379. The molecule has 3 heterocycles. The van der Waals surface area contributed by atoms with Crippen molar-refractivity contribution in [2.75, 3.05) is 13.1 Å². The number of hydrogen-bond donors (Lipinski definition) is 2. The summed E-state index contributed by atoms with van der Waals surface area (Å²) in [7, 11) is 0. The second-order valence-corrected chi connectivity index (χ2v) is 8.49. The maximum atomic E-state index is 13.4. The van der Waals surface area contributed by atoms with E-state index in [1.807, 2.05) is 43.5 Å². The molecule has 0 spiro atoms. The molecule has 31 heavy (non-hydrogen) atoms. The summed E-state index contributed by atoms with van der Waals surface area (Å²) in [6, 6.07) is 17.6. The number of aromatic nitrogens is 1. The number of hydrogen-bond acceptors (Lipinski definition) is 3. The molecular weight excluding hydrogens is 388 g/mol. The number of rotatable bonds is 5. The number of nitrogens with zero attached hydrogens (tertiary/aromatic N) is 2. The highest BCUT2D eigenvalue weighted by Crippen LogP contribution is 2.33. The number of fused-ring (bicyclic) bond motifs is 1. The molecule has 6 heteroatoms. The number of aromatic amines is 1. The van der Waals surface area contributed by atoms with Crippen molar-refractivity contribution in [3.8, 4) is 0 Å². The van der Waals surface area contributed by atoms with E-state index >= 15 is 0 Å². The van der Waals surface area contributed by atoms with Crippen molar-refractivity contribution >= 4 is 22.8 Å². The van der Waals surface area contributed by atoms with Crippen LogP contribution in [-0.4, -0.2) is 46.0 Å². The van der Waals surface area contributed by atoms with E-state index in [2.05, 4.69) is 39.5 Å². The number of para-hydroxylation sites is 1. The molecule has 3 aromatic rings. The average Bonchev–Trinajstić information content (AvgIpc) is 3.36. The van der Waals surface area contributed by atoms with Crippen LogP contribution in [0, 0.1) is 0 Å². The minimum absolute atomic E-state index is 0.160. The summed E-state index contributed by atoms with van der Waals surface area (Å²) in [6.07, 6.45) is 4.42. The van der Waals surface area contributed by atoms with Gasteiger partial charge in [0.25, 0.3) is 5.91 Å². The molecule has 6 nitrogen and oxygen atoms in total. The number of nitrogens with one attached hydrogen (secondary N) is 2. The Morgan fingerprint density at radius 1 is 1.00 bits per heavy atom. The van der Waals surface area contributed by atoms with E-state index in [4.69, 9.17) is 0 Å². The second-order valence-electron chi connectivity index (χ2n) is 8.49. The Kier molecular flexibility index (Phi) is 5.24. The van der Waals surface area contributed by atoms with Crippen molar-refractivity contribution < 1.29 is 9.59 Å². The lowest BCUT2D eigenvalue weighted by atomic mass is 9.89. The topological polar surface area (TPSA) is 68.4 Å². The number of carbonyl (C=O) groups is 2. The first-order valence-corrected chi connectivity index (χ1v) is 11.2. The number of urea groups is 1. The Labute approximate surface area is 182 Å². The molecule has 2 N–H and O–H groups in total. The maximum Gasteiger partial charge on any atom is 0.326 e. The second kappa shape index (κ2) is 8.19. The standard InChI is InChI=1S/C25H28N4O2/c1-2-22(28-14-12-18(13-15-28)17-8-4-3-5-9-17)29-24(30)23(27-25(29)31)20-16-26-21-11-7-6-10-19(20)21/h3-11,16,18,22-23,26H,2,12-15H2,1H3,(H,27,31). The number of H-pyrrole nitrogens is 1. The van der Waals surface area contributed by atoms with Gasteiger partial charge >= 0.3 is 6.03 Å². The minimum atomic E-state index is -0.639. The highest BCUT2D eigenvalue weighted by molar-refractivity contribution is 6.06. The molecule has 2 atom stereocenters. The zero-order chi connectivity index (χ0) is 21.4. The van der Waals surface area contributed by atoms with E-state index < -0.39 is 6.04 Å². The van der Waals surface area contributed by atoms with E-state index in [1.165, 1.54) is 10.5 Å². The van der Waals surface area contributed by atoms with Gasteiger partial charge in [-0.1, -0.05) is 55.5 Å². The molecule has 2 unspecified atom stereocenters. The van der Waals surface area contributed by atoms with Crippen LogP contribution in [0.5, 0.6) is 0 Å². The number of benzene rings is 2. The lowest BCUT2D eigenvalue weighted by Crippen LogP contribution is -2.53. The van der Waals surface area contributed by atoms with E-state index in [9.17, 15) is 9.59 Å². The van der Waals surface area contributed by atoms with Crippen LogP contribution in [-0.2, 0) is 4.79 Å². The molecule has 2 saturated heterocycles. The van der Waals surface area contributed by atoms with Gasteiger partial charge in [-0.15, -0.1) is 0 Å². The molecule has 1 aromatic heterocycles. The molecule has 2 aliphatic rings. The third-order valence-electron chi connectivity index (χ3n) is 6.79. The largest absolute Gasteiger partial charge is 0.361 e. The summed E-state index contributed by atoms with van der Waals surface area (Å²) in [5, 5.41) is 3.90. The molecular formula is C25H28N4O2. The van der Waals surface area contributed by atoms with E-state index in [1.54, 1.807) is 0 Å². The van der Waals surface area contributed by atoms with Gasteiger partial charge in [0, 0.05) is 35.8 Å². The summed E-state index contributed by atoms with van der Waals surface area (Å²) in [5.41, 5.74) is 3.17. The van der Waals surface area contributed by atoms with Crippen molar-refractivity contribution in [2.45, 2.75) is 44.3 Å². The fourth-order valence-corrected chi connectivity index (χ4v) is 5.18. The van der Waals surface area contributed by atoms with Crippen molar-refractivity contribution in [3.05, 3.63) is 71.9 Å². The Morgan fingerprint density at radius 3 is 2.45 bits per heavy atom. The zero-order valence-corrected chi connectivity index (χ0v) is 17.8. The van der Waals surface area contributed by atoms with Crippen LogP contribution < -0.4 is 5.32 Å². The molecule has 5 rings (SSSR count). The number of likely N-dealkylation sites (tertiary alicyclic amines) is 1. The molecule has 0 bridgehead atoms. The molecule has 2 aliphatic heterocycles. The molecule has 3 amide bonds. The van der Waals surface area contributed by atoms with E-state index in [-0.39, 0.29) is 18.1 Å². The zero-order valence-electron chi connectivity index (χ0n) is 17.8. The number of carbonyl (C=O) groups excluding carboxylic acids is 2. The van der Waals surface area contributed by atoms with Gasteiger partial charge < -0.3 is 10.3 Å². The third kappa shape index (κ3) is 3.51. The van der Waals surface area contributed by atoms with Crippen LogP contribution in [0.25, 0.3) is 10.9 Å². The molecule has 2 aromatic carbocycles. The van der Waals surface area contributed by atoms with Crippen LogP contribution in [0.15, 0.2) is 60.8 Å². The Bertz CT molecular complexity index is 1090. The van der Waals surface area contributed by atoms with Gasteiger partial charge in [-0.25, -0.2) is 9.69 Å². The van der Waals surface area contributed by atoms with Crippen molar-refractivity contribution in [2.24, 2.45) is 0 Å². The Morgan fingerprint density at radius 2 is 1.71 bits per heavy atom. The normalized spacial score (nSPS) is 21.6. The molecule has 0 saturated carbocycles. The average molecular weight is 417 g/mol. The first-order chi connectivity index (χ1) is 15.2. The van der Waals surface area contributed by atoms with Crippen molar-refractivity contribution in [1.29, 1.82) is 0 Å². The summed E-state index contributed by atoms with van der Waals surface area (Å²) in [6.45, 7) is 3.81. The Hall–Kier alpha value is -3.12. The summed E-state index contributed by atoms with van der Waals surface area (Å²) >= 11 is 0. The van der Waals surface area contributed by atoms with Gasteiger partial charge in [-0.3, -0.25) is 9.69 Å². The summed E-state index contributed by atoms with van der Waals surface area (Å²) < 4.78 is 0. The SMILES string of the molecule is CCC(N1CCC(c2ccccc2)CC1)N1C(=O)NC(c2c[nH]c3ccccc23)C1=O. The molecule has 160 valence electrons. The van der Waals surface area contributed by atoms with Crippen LogP contribution >= 0.6 is 0 Å². The number of piperidine rings is 1. The van der Waals surface area contributed by atoms with Crippen molar-refractivity contribution in [3.63, 3.8) is 0 Å². The van der Waals surface area contributed by atoms with E-state index in [0.29, 0.717) is 5.92 Å². The fourth-order valence-electron chi connectivity index (χ4n) is 5.18.